The first-order valence-electron chi connectivity index (χ1n) is 6.62. The zero-order chi connectivity index (χ0) is 23.6. The van der Waals surface area contributed by atoms with E-state index >= 15 is 0 Å². The van der Waals surface area contributed by atoms with Crippen molar-refractivity contribution in [2.24, 2.45) is 11.5 Å². The summed E-state index contributed by atoms with van der Waals surface area (Å²) in [6.45, 7) is -0.452. The lowest BCUT2D eigenvalue weighted by Gasteiger charge is -2.28. The maximum atomic E-state index is 10.6. The molecule has 1 atom stereocenters. The molecule has 0 fully saturated rings. The standard InChI is InChI=1S/C5H9NO4.C3H11NO7P2.H3O4P/c6-3(5(9)10)1-2-4(7)8;4-2-1-3(5,12(6,7)8)13(9,10)11;1-5(2,3)4/h3H,1-2,6H2,(H,7,8)(H,9,10);5H,1-2,4H2,(H2,6,7,8)(H2,9,10,11);(H3,1,2,3,4)/t3-;;/m0../s1. The summed E-state index contributed by atoms with van der Waals surface area (Å²) in [5.74, 6) is -2.20. The monoisotopic (exact) mass is 480 g/mol. The van der Waals surface area contributed by atoms with Gasteiger partial charge < -0.3 is 61.0 Å². The molecule has 0 rings (SSSR count). The fourth-order valence-corrected chi connectivity index (χ4v) is 3.26. The highest BCUT2D eigenvalue weighted by Crippen LogP contribution is 2.68. The van der Waals surface area contributed by atoms with Gasteiger partial charge in [0.1, 0.15) is 6.04 Å². The second-order valence-electron chi connectivity index (χ2n) is 4.79. The number of hydrogen-bond donors (Lipinski definition) is 12. The van der Waals surface area contributed by atoms with Crippen LogP contribution in [0.1, 0.15) is 19.3 Å². The summed E-state index contributed by atoms with van der Waals surface area (Å²) in [6.07, 6.45) is -1.10. The molecule has 0 aromatic heterocycles. The second kappa shape index (κ2) is 12.7. The van der Waals surface area contributed by atoms with Crippen molar-refractivity contribution in [2.75, 3.05) is 6.54 Å². The Morgan fingerprint density at radius 2 is 1.21 bits per heavy atom. The molecule has 28 heavy (non-hydrogen) atoms. The van der Waals surface area contributed by atoms with Crippen molar-refractivity contribution < 1.29 is 72.9 Å². The molecule has 0 spiro atoms. The lowest BCUT2D eigenvalue weighted by molar-refractivity contribution is -0.139. The van der Waals surface area contributed by atoms with Gasteiger partial charge in [-0.05, 0) is 13.0 Å². The van der Waals surface area contributed by atoms with E-state index in [9.17, 15) is 18.7 Å². The number of hydrogen-bond acceptors (Lipinski definition) is 8. The van der Waals surface area contributed by atoms with Crippen LogP contribution in [0.2, 0.25) is 0 Å². The third-order valence-corrected chi connectivity index (χ3v) is 6.28. The molecule has 0 radical (unpaired) electrons. The van der Waals surface area contributed by atoms with Gasteiger partial charge in [-0.15, -0.1) is 0 Å². The number of aliphatic carboxylic acids is 2. The van der Waals surface area contributed by atoms with Crippen molar-refractivity contribution in [3.05, 3.63) is 0 Å². The van der Waals surface area contributed by atoms with Crippen molar-refractivity contribution in [1.82, 2.24) is 0 Å². The quantitative estimate of drug-likeness (QED) is 0.151. The average molecular weight is 480 g/mol. The first-order valence-corrected chi connectivity index (χ1v) is 11.4. The fraction of sp³-hybridized carbons (Fsp3) is 0.750. The third-order valence-electron chi connectivity index (χ3n) is 2.40. The summed E-state index contributed by atoms with van der Waals surface area (Å²) < 4.78 is 30.1. The molecule has 0 heterocycles. The molecule has 0 amide bonds. The SMILES string of the molecule is NCCC(O)(P(=O)(O)O)P(=O)(O)O.N[C@@H](CCC(=O)O)C(=O)O.O=P(O)(O)O. The number of carboxylic acids is 2. The van der Waals surface area contributed by atoms with Gasteiger partial charge in [0.2, 0.25) is 0 Å². The van der Waals surface area contributed by atoms with Crippen molar-refractivity contribution in [3.63, 3.8) is 0 Å². The molecule has 17 nitrogen and oxygen atoms in total. The topological polar surface area (TPSA) is 340 Å². The zero-order valence-corrected chi connectivity index (χ0v) is 16.6. The Morgan fingerprint density at radius 1 is 0.893 bits per heavy atom. The van der Waals surface area contributed by atoms with E-state index in [1.807, 2.05) is 0 Å². The van der Waals surface area contributed by atoms with E-state index in [2.05, 4.69) is 0 Å². The summed E-state index contributed by atoms with van der Waals surface area (Å²) in [5.41, 5.74) is 9.86. The molecular weight excluding hydrogens is 457 g/mol. The van der Waals surface area contributed by atoms with Gasteiger partial charge >= 0.3 is 35.0 Å². The maximum Gasteiger partial charge on any atom is 0.466 e. The predicted molar refractivity (Wildman–Crippen MR) is 89.5 cm³/mol. The third kappa shape index (κ3) is 16.2. The molecule has 0 aliphatic rings. The highest BCUT2D eigenvalue weighted by Gasteiger charge is 2.58. The molecule has 0 aliphatic carbocycles. The molecule has 0 aliphatic heterocycles. The maximum absolute atomic E-state index is 10.6. The molecule has 0 aromatic carbocycles. The van der Waals surface area contributed by atoms with Gasteiger partial charge in [-0.2, -0.15) is 0 Å². The minimum Gasteiger partial charge on any atom is -0.481 e. The fourth-order valence-electron chi connectivity index (χ4n) is 1.06. The number of nitrogens with two attached hydrogens (primary N) is 2. The highest BCUT2D eigenvalue weighted by atomic mass is 31.2. The Balaban J connectivity index is -0.000000368. The molecular formula is C8H23N2O15P3. The summed E-state index contributed by atoms with van der Waals surface area (Å²) in [5, 5.41) is 22.0. The van der Waals surface area contributed by atoms with Crippen molar-refractivity contribution in [1.29, 1.82) is 0 Å². The van der Waals surface area contributed by atoms with E-state index in [1.165, 1.54) is 0 Å². The van der Waals surface area contributed by atoms with Gasteiger partial charge in [0.05, 0.1) is 0 Å². The Morgan fingerprint density at radius 3 is 1.36 bits per heavy atom. The smallest absolute Gasteiger partial charge is 0.466 e. The molecule has 20 heteroatoms. The Bertz CT molecular complexity index is 605. The van der Waals surface area contributed by atoms with Crippen LogP contribution in [-0.4, -0.2) is 79.2 Å². The summed E-state index contributed by atoms with van der Waals surface area (Å²) in [4.78, 5) is 75.5. The number of carbonyl (C=O) groups is 2. The van der Waals surface area contributed by atoms with Crippen LogP contribution in [-0.2, 0) is 23.3 Å². The van der Waals surface area contributed by atoms with Gasteiger partial charge in [0.15, 0.2) is 0 Å². The van der Waals surface area contributed by atoms with Crippen LogP contribution < -0.4 is 11.5 Å². The van der Waals surface area contributed by atoms with Crippen LogP contribution in [0.5, 0.6) is 0 Å². The van der Waals surface area contributed by atoms with Crippen LogP contribution in [0.3, 0.4) is 0 Å². The van der Waals surface area contributed by atoms with Gasteiger partial charge in [-0.1, -0.05) is 0 Å². The van der Waals surface area contributed by atoms with Gasteiger partial charge in [-0.3, -0.25) is 18.7 Å². The largest absolute Gasteiger partial charge is 0.481 e. The molecule has 14 N–H and O–H groups in total. The normalized spacial score (nSPS) is 13.4. The van der Waals surface area contributed by atoms with Gasteiger partial charge in [-0.25, -0.2) is 4.57 Å². The first-order chi connectivity index (χ1) is 12.1. The summed E-state index contributed by atoms with van der Waals surface area (Å²) in [7, 11) is -15.3. The molecule has 0 aromatic rings. The zero-order valence-electron chi connectivity index (χ0n) is 13.9. The molecule has 0 bridgehead atoms. The van der Waals surface area contributed by atoms with Crippen molar-refractivity contribution in [2.45, 2.75) is 30.4 Å². The van der Waals surface area contributed by atoms with Crippen LogP contribution in [0, 0.1) is 0 Å². The van der Waals surface area contributed by atoms with Crippen LogP contribution in [0.4, 0.5) is 0 Å². The number of rotatable bonds is 8. The molecule has 0 saturated heterocycles. The predicted octanol–water partition coefficient (Wildman–Crippen LogP) is -3.33. The Labute approximate surface area is 157 Å². The highest BCUT2D eigenvalue weighted by molar-refractivity contribution is 7.72. The van der Waals surface area contributed by atoms with E-state index in [-0.39, 0.29) is 12.8 Å². The van der Waals surface area contributed by atoms with Gasteiger partial charge in [0.25, 0.3) is 5.08 Å². The van der Waals surface area contributed by atoms with Crippen LogP contribution in [0.25, 0.3) is 0 Å². The number of carboxylic acid groups (broad SMARTS) is 2. The molecule has 0 saturated carbocycles. The summed E-state index contributed by atoms with van der Waals surface area (Å²) in [6, 6.07) is -1.06. The van der Waals surface area contributed by atoms with E-state index in [0.717, 1.165) is 0 Å². The summed E-state index contributed by atoms with van der Waals surface area (Å²) >= 11 is 0. The van der Waals surface area contributed by atoms with Gasteiger partial charge in [0, 0.05) is 12.8 Å². The minimum atomic E-state index is -5.31. The van der Waals surface area contributed by atoms with E-state index in [4.69, 9.17) is 65.6 Å². The lowest BCUT2D eigenvalue weighted by Crippen LogP contribution is -2.31. The Kier molecular flexibility index (Phi) is 14.5. The first kappa shape index (κ1) is 31.9. The number of phosphoric acid groups is 1. The number of aliphatic hydroxyl groups is 1. The van der Waals surface area contributed by atoms with E-state index in [1.54, 1.807) is 0 Å². The van der Waals surface area contributed by atoms with E-state index in [0.29, 0.717) is 0 Å². The van der Waals surface area contributed by atoms with Crippen molar-refractivity contribution in [3.8, 4) is 0 Å². The van der Waals surface area contributed by atoms with Crippen LogP contribution in [0.15, 0.2) is 0 Å². The minimum absolute atomic E-state index is 0.0231. The van der Waals surface area contributed by atoms with Crippen LogP contribution >= 0.6 is 23.0 Å². The van der Waals surface area contributed by atoms with E-state index < -0.39 is 59.0 Å². The average Bonchev–Trinajstić information content (AvgIpc) is 2.41. The van der Waals surface area contributed by atoms with Crippen molar-refractivity contribution >= 4 is 35.0 Å². The molecule has 170 valence electrons. The lowest BCUT2D eigenvalue weighted by atomic mass is 10.2. The second-order valence-corrected chi connectivity index (χ2v) is 9.83. The Hall–Kier alpha value is -0.770. The molecule has 0 unspecified atom stereocenters.